The van der Waals surface area contributed by atoms with Crippen LogP contribution in [0.3, 0.4) is 0 Å². The average molecular weight is 460 g/mol. The molecule has 0 spiro atoms. The normalized spacial score (nSPS) is 11.5. The lowest BCUT2D eigenvalue weighted by Crippen LogP contribution is -2.08. The Morgan fingerprint density at radius 1 is 1.00 bits per heavy atom. The van der Waals surface area contributed by atoms with Gasteiger partial charge in [0.25, 0.3) is 0 Å². The van der Waals surface area contributed by atoms with Gasteiger partial charge in [0.2, 0.25) is 5.91 Å². The molecule has 1 N–H and O–H groups in total. The number of benzene rings is 3. The maximum atomic E-state index is 13.1. The van der Waals surface area contributed by atoms with Crippen LogP contribution in [0, 0.1) is 5.82 Å². The summed E-state index contributed by atoms with van der Waals surface area (Å²) in [7, 11) is 0. The van der Waals surface area contributed by atoms with Crippen LogP contribution in [0.1, 0.15) is 26.3 Å². The maximum absolute atomic E-state index is 13.1. The van der Waals surface area contributed by atoms with Crippen molar-refractivity contribution in [3.8, 4) is 22.6 Å². The Balaban J connectivity index is 1.69. The molecule has 0 saturated heterocycles. The second-order valence-electron chi connectivity index (χ2n) is 7.71. The number of ether oxygens (including phenoxy) is 2. The van der Waals surface area contributed by atoms with Gasteiger partial charge in [-0.25, -0.2) is 4.39 Å². The molecule has 0 saturated carbocycles. The molecule has 0 aliphatic carbocycles. The standard InChI is InChI=1S/C28H26FNO4/c1-4-32-22-12-6-19(7-13-22)25-17-34-27-16-26(33-5-2)23(15-24(25)27)18(3)14-28(31)30-21-10-8-20(29)9-11-21/h6-17H,4-5H2,1-3H3,(H,30,31)/b18-14+. The molecule has 1 aromatic heterocycles. The Morgan fingerprint density at radius 3 is 2.38 bits per heavy atom. The molecule has 174 valence electrons. The summed E-state index contributed by atoms with van der Waals surface area (Å²) in [6, 6.07) is 17.3. The molecule has 0 atom stereocenters. The molecule has 0 radical (unpaired) electrons. The van der Waals surface area contributed by atoms with Crippen LogP contribution >= 0.6 is 0 Å². The maximum Gasteiger partial charge on any atom is 0.248 e. The summed E-state index contributed by atoms with van der Waals surface area (Å²) < 4.78 is 30.3. The molecule has 1 heterocycles. The van der Waals surface area contributed by atoms with E-state index in [0.29, 0.717) is 30.2 Å². The van der Waals surface area contributed by atoms with Gasteiger partial charge >= 0.3 is 0 Å². The van der Waals surface area contributed by atoms with E-state index in [1.807, 2.05) is 57.2 Å². The highest BCUT2D eigenvalue weighted by Gasteiger charge is 2.15. The van der Waals surface area contributed by atoms with Gasteiger partial charge in [-0.1, -0.05) is 12.1 Å². The van der Waals surface area contributed by atoms with E-state index in [4.69, 9.17) is 13.9 Å². The van der Waals surface area contributed by atoms with Crippen molar-refractivity contribution in [3.63, 3.8) is 0 Å². The summed E-state index contributed by atoms with van der Waals surface area (Å²) in [6.07, 6.45) is 3.23. The smallest absolute Gasteiger partial charge is 0.248 e. The first-order valence-electron chi connectivity index (χ1n) is 11.1. The number of fused-ring (bicyclic) bond motifs is 1. The Labute approximate surface area is 197 Å². The van der Waals surface area contributed by atoms with E-state index < -0.39 is 0 Å². The van der Waals surface area contributed by atoms with Crippen molar-refractivity contribution in [2.24, 2.45) is 0 Å². The third-order valence-electron chi connectivity index (χ3n) is 5.34. The second-order valence-corrected chi connectivity index (χ2v) is 7.71. The molecular formula is C28H26FNO4. The highest BCUT2D eigenvalue weighted by Crippen LogP contribution is 2.38. The summed E-state index contributed by atoms with van der Waals surface area (Å²) >= 11 is 0. The number of hydrogen-bond donors (Lipinski definition) is 1. The predicted octanol–water partition coefficient (Wildman–Crippen LogP) is 7.08. The van der Waals surface area contributed by atoms with Crippen molar-refractivity contribution < 1.29 is 23.1 Å². The van der Waals surface area contributed by atoms with E-state index in [-0.39, 0.29) is 11.7 Å². The SMILES string of the molecule is CCOc1ccc(-c2coc3cc(OCC)c(/C(C)=C/C(=O)Nc4ccc(F)cc4)cc23)cc1. The number of anilines is 1. The molecule has 34 heavy (non-hydrogen) atoms. The molecule has 4 aromatic rings. The van der Waals surface area contributed by atoms with E-state index in [1.165, 1.54) is 30.3 Å². The average Bonchev–Trinajstić information content (AvgIpc) is 3.24. The van der Waals surface area contributed by atoms with Crippen LogP contribution in [0.25, 0.3) is 27.7 Å². The fraction of sp³-hybridized carbons (Fsp3) is 0.179. The molecule has 3 aromatic carbocycles. The van der Waals surface area contributed by atoms with E-state index in [0.717, 1.165) is 33.4 Å². The van der Waals surface area contributed by atoms with Gasteiger partial charge in [-0.3, -0.25) is 4.79 Å². The Bertz CT molecular complexity index is 1320. The summed E-state index contributed by atoms with van der Waals surface area (Å²) in [5.41, 5.74) is 4.66. The van der Waals surface area contributed by atoms with Crippen LogP contribution < -0.4 is 14.8 Å². The van der Waals surface area contributed by atoms with Gasteiger partial charge in [-0.15, -0.1) is 0 Å². The number of allylic oxidation sites excluding steroid dienone is 1. The first-order valence-corrected chi connectivity index (χ1v) is 11.1. The van der Waals surface area contributed by atoms with Gasteiger partial charge in [-0.05, 0) is 74.4 Å². The Hall–Kier alpha value is -4.06. The van der Waals surface area contributed by atoms with Crippen molar-refractivity contribution >= 4 is 28.1 Å². The fourth-order valence-electron chi connectivity index (χ4n) is 3.75. The van der Waals surface area contributed by atoms with Crippen molar-refractivity contribution in [2.45, 2.75) is 20.8 Å². The zero-order chi connectivity index (χ0) is 24.1. The van der Waals surface area contributed by atoms with Gasteiger partial charge in [-0.2, -0.15) is 0 Å². The van der Waals surface area contributed by atoms with Crippen LogP contribution in [-0.2, 0) is 4.79 Å². The molecule has 0 bridgehead atoms. The first kappa shape index (κ1) is 23.1. The van der Waals surface area contributed by atoms with E-state index >= 15 is 0 Å². The molecule has 1 amide bonds. The second kappa shape index (κ2) is 10.3. The zero-order valence-electron chi connectivity index (χ0n) is 19.4. The highest BCUT2D eigenvalue weighted by atomic mass is 19.1. The van der Waals surface area contributed by atoms with Crippen LogP contribution in [0.4, 0.5) is 10.1 Å². The lowest BCUT2D eigenvalue weighted by molar-refractivity contribution is -0.111. The number of carbonyl (C=O) groups is 1. The molecule has 6 heteroatoms. The molecule has 0 unspecified atom stereocenters. The minimum Gasteiger partial charge on any atom is -0.494 e. The van der Waals surface area contributed by atoms with Crippen LogP contribution in [-0.4, -0.2) is 19.1 Å². The monoisotopic (exact) mass is 459 g/mol. The number of halogens is 1. The third-order valence-corrected chi connectivity index (χ3v) is 5.34. The highest BCUT2D eigenvalue weighted by molar-refractivity contribution is 6.05. The molecule has 5 nitrogen and oxygen atoms in total. The number of nitrogens with one attached hydrogen (secondary N) is 1. The number of rotatable bonds is 8. The van der Waals surface area contributed by atoms with Gasteiger partial charge in [0.05, 0.1) is 19.5 Å². The van der Waals surface area contributed by atoms with Crippen molar-refractivity contribution in [1.29, 1.82) is 0 Å². The van der Waals surface area contributed by atoms with Crippen LogP contribution in [0.2, 0.25) is 0 Å². The lowest BCUT2D eigenvalue weighted by atomic mass is 9.99. The first-order chi connectivity index (χ1) is 16.5. The summed E-state index contributed by atoms with van der Waals surface area (Å²) in [5, 5.41) is 3.66. The molecule has 0 fully saturated rings. The lowest BCUT2D eigenvalue weighted by Gasteiger charge is -2.12. The minimum atomic E-state index is -0.358. The number of furan rings is 1. The van der Waals surface area contributed by atoms with Crippen molar-refractivity contribution in [1.82, 2.24) is 0 Å². The van der Waals surface area contributed by atoms with Gasteiger partial charge in [0.1, 0.15) is 22.9 Å². The molecule has 0 aliphatic rings. The van der Waals surface area contributed by atoms with Crippen molar-refractivity contribution in [3.05, 3.63) is 84.4 Å². The minimum absolute atomic E-state index is 0.314. The molecular weight excluding hydrogens is 433 g/mol. The summed E-state index contributed by atoms with van der Waals surface area (Å²) in [6.45, 7) is 6.79. The van der Waals surface area contributed by atoms with Crippen LogP contribution in [0.5, 0.6) is 11.5 Å². The fourth-order valence-corrected chi connectivity index (χ4v) is 3.75. The summed E-state index contributed by atoms with van der Waals surface area (Å²) in [4.78, 5) is 12.6. The van der Waals surface area contributed by atoms with E-state index in [1.54, 1.807) is 6.26 Å². The zero-order valence-corrected chi connectivity index (χ0v) is 19.4. The van der Waals surface area contributed by atoms with Crippen molar-refractivity contribution in [2.75, 3.05) is 18.5 Å². The van der Waals surface area contributed by atoms with Crippen LogP contribution in [0.15, 0.2) is 77.4 Å². The van der Waals surface area contributed by atoms with Gasteiger partial charge in [0.15, 0.2) is 0 Å². The largest absolute Gasteiger partial charge is 0.494 e. The number of amides is 1. The van der Waals surface area contributed by atoms with Gasteiger partial charge < -0.3 is 19.2 Å². The third kappa shape index (κ3) is 5.12. The quantitative estimate of drug-likeness (QED) is 0.286. The predicted molar refractivity (Wildman–Crippen MR) is 133 cm³/mol. The molecule has 4 rings (SSSR count). The number of hydrogen-bond acceptors (Lipinski definition) is 4. The van der Waals surface area contributed by atoms with E-state index in [9.17, 15) is 9.18 Å². The molecule has 0 aliphatic heterocycles. The van der Waals surface area contributed by atoms with E-state index in [2.05, 4.69) is 5.32 Å². The summed E-state index contributed by atoms with van der Waals surface area (Å²) in [5.74, 6) is 0.767. The van der Waals surface area contributed by atoms with Gasteiger partial charge in [0, 0.05) is 34.3 Å². The topological polar surface area (TPSA) is 60.7 Å². The number of carbonyl (C=O) groups excluding carboxylic acids is 1. The Morgan fingerprint density at radius 2 is 1.71 bits per heavy atom. The Kier molecular flexibility index (Phi) is 6.97.